The van der Waals surface area contributed by atoms with Gasteiger partial charge in [0.05, 0.1) is 24.1 Å². The van der Waals surface area contributed by atoms with Crippen LogP contribution in [0.3, 0.4) is 0 Å². The Kier molecular flexibility index (Phi) is 4.63. The fourth-order valence-electron chi connectivity index (χ4n) is 1.85. The Labute approximate surface area is 124 Å². The molecule has 1 atom stereocenters. The second kappa shape index (κ2) is 6.11. The van der Waals surface area contributed by atoms with Crippen LogP contribution in [0.2, 0.25) is 0 Å². The van der Waals surface area contributed by atoms with Crippen molar-refractivity contribution in [1.29, 1.82) is 0 Å². The average molecular weight is 316 g/mol. The second-order valence-electron chi connectivity index (χ2n) is 4.63. The molecule has 0 aliphatic carbocycles. The molecule has 0 bridgehead atoms. The van der Waals surface area contributed by atoms with Gasteiger partial charge in [0, 0.05) is 12.3 Å². The van der Waals surface area contributed by atoms with Crippen LogP contribution in [-0.4, -0.2) is 14.7 Å². The molecule has 0 amide bonds. The number of rotatable bonds is 4. The van der Waals surface area contributed by atoms with Gasteiger partial charge < -0.3 is 9.67 Å². The van der Waals surface area contributed by atoms with Gasteiger partial charge in [-0.15, -0.1) is 0 Å². The molecule has 0 spiro atoms. The number of hydrogen-bond donors (Lipinski definition) is 1. The standard InChI is InChI=1S/C14H15F3N2OS/c1-9(21-13-18-7-12(8-20)19(13)2)10-3-5-11(6-4-10)14(15,16)17/h3-7,9,20H,8H2,1-2H3. The number of benzene rings is 1. The van der Waals surface area contributed by atoms with Gasteiger partial charge in [0.2, 0.25) is 0 Å². The number of aromatic nitrogens is 2. The highest BCUT2D eigenvalue weighted by molar-refractivity contribution is 7.99. The van der Waals surface area contributed by atoms with E-state index in [1.165, 1.54) is 23.9 Å². The average Bonchev–Trinajstić information content (AvgIpc) is 2.79. The lowest BCUT2D eigenvalue weighted by molar-refractivity contribution is -0.137. The largest absolute Gasteiger partial charge is 0.416 e. The topological polar surface area (TPSA) is 38.1 Å². The number of aliphatic hydroxyl groups excluding tert-OH is 1. The highest BCUT2D eigenvalue weighted by Gasteiger charge is 2.30. The zero-order chi connectivity index (χ0) is 15.6. The molecular weight excluding hydrogens is 301 g/mol. The van der Waals surface area contributed by atoms with Crippen LogP contribution >= 0.6 is 11.8 Å². The molecule has 7 heteroatoms. The van der Waals surface area contributed by atoms with E-state index < -0.39 is 11.7 Å². The van der Waals surface area contributed by atoms with Gasteiger partial charge in [0.15, 0.2) is 5.16 Å². The number of halogens is 3. The molecule has 2 rings (SSSR count). The van der Waals surface area contributed by atoms with E-state index in [1.54, 1.807) is 17.8 Å². The third-order valence-electron chi connectivity index (χ3n) is 3.19. The maximum absolute atomic E-state index is 12.5. The predicted octanol–water partition coefficient (Wildman–Crippen LogP) is 3.78. The summed E-state index contributed by atoms with van der Waals surface area (Å²) in [7, 11) is 1.79. The van der Waals surface area contributed by atoms with Gasteiger partial charge >= 0.3 is 6.18 Å². The summed E-state index contributed by atoms with van der Waals surface area (Å²) in [5, 5.41) is 9.79. The normalized spacial score (nSPS) is 13.4. The summed E-state index contributed by atoms with van der Waals surface area (Å²) < 4.78 is 39.3. The first-order chi connectivity index (χ1) is 9.82. The van der Waals surface area contributed by atoms with Crippen molar-refractivity contribution in [3.8, 4) is 0 Å². The summed E-state index contributed by atoms with van der Waals surface area (Å²) in [6, 6.07) is 5.14. The fraction of sp³-hybridized carbons (Fsp3) is 0.357. The Balaban J connectivity index is 2.13. The predicted molar refractivity (Wildman–Crippen MR) is 74.8 cm³/mol. The van der Waals surface area contributed by atoms with Crippen LogP contribution in [0.5, 0.6) is 0 Å². The molecule has 0 radical (unpaired) electrons. The minimum Gasteiger partial charge on any atom is -0.390 e. The van der Waals surface area contributed by atoms with Crippen molar-refractivity contribution in [2.45, 2.75) is 30.1 Å². The van der Waals surface area contributed by atoms with E-state index in [1.807, 2.05) is 6.92 Å². The number of thioether (sulfide) groups is 1. The number of aliphatic hydroxyl groups is 1. The molecule has 0 fully saturated rings. The Morgan fingerprint density at radius 1 is 1.29 bits per heavy atom. The van der Waals surface area contributed by atoms with Gasteiger partial charge in [-0.3, -0.25) is 0 Å². The molecule has 0 saturated heterocycles. The first-order valence-corrected chi connectivity index (χ1v) is 7.16. The fourth-order valence-corrected chi connectivity index (χ4v) is 2.85. The Bertz CT molecular complexity index is 608. The molecule has 1 N–H and O–H groups in total. The van der Waals surface area contributed by atoms with E-state index in [4.69, 9.17) is 5.11 Å². The summed E-state index contributed by atoms with van der Waals surface area (Å²) in [4.78, 5) is 4.19. The van der Waals surface area contributed by atoms with E-state index in [9.17, 15) is 13.2 Å². The first kappa shape index (κ1) is 15.9. The maximum atomic E-state index is 12.5. The number of alkyl halides is 3. The number of imidazole rings is 1. The molecule has 1 unspecified atom stereocenters. The van der Waals surface area contributed by atoms with Crippen LogP contribution in [0.1, 0.15) is 29.0 Å². The highest BCUT2D eigenvalue weighted by atomic mass is 32.2. The summed E-state index contributed by atoms with van der Waals surface area (Å²) >= 11 is 1.43. The molecule has 0 saturated carbocycles. The van der Waals surface area contributed by atoms with Crippen LogP contribution in [0.25, 0.3) is 0 Å². The molecular formula is C14H15F3N2OS. The number of hydrogen-bond acceptors (Lipinski definition) is 3. The summed E-state index contributed by atoms with van der Waals surface area (Å²) in [5.41, 5.74) is 0.835. The van der Waals surface area contributed by atoms with Crippen LogP contribution in [0, 0.1) is 0 Å². The highest BCUT2D eigenvalue weighted by Crippen LogP contribution is 2.36. The Morgan fingerprint density at radius 2 is 1.90 bits per heavy atom. The van der Waals surface area contributed by atoms with Gasteiger partial charge in [-0.2, -0.15) is 13.2 Å². The molecule has 1 heterocycles. The quantitative estimate of drug-likeness (QED) is 0.872. The van der Waals surface area contributed by atoms with E-state index >= 15 is 0 Å². The minimum atomic E-state index is -4.31. The third kappa shape index (κ3) is 3.59. The van der Waals surface area contributed by atoms with E-state index in [0.717, 1.165) is 17.7 Å². The zero-order valence-electron chi connectivity index (χ0n) is 11.6. The van der Waals surface area contributed by atoms with Crippen molar-refractivity contribution in [1.82, 2.24) is 9.55 Å². The second-order valence-corrected chi connectivity index (χ2v) is 5.94. The maximum Gasteiger partial charge on any atom is 0.416 e. The molecule has 114 valence electrons. The first-order valence-electron chi connectivity index (χ1n) is 6.28. The molecule has 1 aromatic carbocycles. The van der Waals surface area contributed by atoms with Gasteiger partial charge in [0.25, 0.3) is 0 Å². The Morgan fingerprint density at radius 3 is 2.38 bits per heavy atom. The van der Waals surface area contributed by atoms with Crippen LogP contribution < -0.4 is 0 Å². The van der Waals surface area contributed by atoms with Crippen LogP contribution in [0.15, 0.2) is 35.6 Å². The van der Waals surface area contributed by atoms with Crippen molar-refractivity contribution in [3.63, 3.8) is 0 Å². The summed E-state index contributed by atoms with van der Waals surface area (Å²) in [6.07, 6.45) is -2.73. The van der Waals surface area contributed by atoms with Gasteiger partial charge in [-0.05, 0) is 24.6 Å². The van der Waals surface area contributed by atoms with Crippen molar-refractivity contribution in [2.75, 3.05) is 0 Å². The minimum absolute atomic E-state index is 0.0417. The van der Waals surface area contributed by atoms with Crippen molar-refractivity contribution < 1.29 is 18.3 Å². The zero-order valence-corrected chi connectivity index (χ0v) is 12.4. The van der Waals surface area contributed by atoms with Crippen molar-refractivity contribution in [2.24, 2.45) is 7.05 Å². The van der Waals surface area contributed by atoms with E-state index in [-0.39, 0.29) is 11.9 Å². The van der Waals surface area contributed by atoms with Gasteiger partial charge in [0.1, 0.15) is 0 Å². The lowest BCUT2D eigenvalue weighted by atomic mass is 10.1. The molecule has 3 nitrogen and oxygen atoms in total. The monoisotopic (exact) mass is 316 g/mol. The van der Waals surface area contributed by atoms with E-state index in [0.29, 0.717) is 10.9 Å². The SMILES string of the molecule is CC(Sc1ncc(CO)n1C)c1ccc(C(F)(F)F)cc1. The van der Waals surface area contributed by atoms with Crippen LogP contribution in [-0.2, 0) is 19.8 Å². The summed E-state index contributed by atoms with van der Waals surface area (Å²) in [5.74, 6) is 0. The Hall–Kier alpha value is -1.47. The summed E-state index contributed by atoms with van der Waals surface area (Å²) in [6.45, 7) is 1.80. The molecule has 1 aromatic heterocycles. The smallest absolute Gasteiger partial charge is 0.390 e. The van der Waals surface area contributed by atoms with Crippen molar-refractivity contribution in [3.05, 3.63) is 47.3 Å². The third-order valence-corrected chi connectivity index (χ3v) is 4.41. The molecule has 2 aromatic rings. The van der Waals surface area contributed by atoms with Gasteiger partial charge in [-0.1, -0.05) is 23.9 Å². The lowest BCUT2D eigenvalue weighted by Gasteiger charge is -2.13. The molecule has 0 aliphatic heterocycles. The van der Waals surface area contributed by atoms with Crippen molar-refractivity contribution >= 4 is 11.8 Å². The lowest BCUT2D eigenvalue weighted by Crippen LogP contribution is -2.05. The molecule has 21 heavy (non-hydrogen) atoms. The van der Waals surface area contributed by atoms with E-state index in [2.05, 4.69) is 4.98 Å². The number of nitrogens with zero attached hydrogens (tertiary/aromatic N) is 2. The van der Waals surface area contributed by atoms with Crippen LogP contribution in [0.4, 0.5) is 13.2 Å². The molecule has 0 aliphatic rings. The van der Waals surface area contributed by atoms with Gasteiger partial charge in [-0.25, -0.2) is 4.98 Å².